The quantitative estimate of drug-likeness (QED) is 0.561. The minimum atomic E-state index is -0.411. The largest absolute Gasteiger partial charge is 0.465 e. The minimum absolute atomic E-state index is 0.0482. The molecule has 4 rings (SSSR count). The van der Waals surface area contributed by atoms with E-state index in [0.29, 0.717) is 41.1 Å². The number of carbonyl (C=O) groups excluding carboxylic acids is 2. The highest BCUT2D eigenvalue weighted by Crippen LogP contribution is 2.22. The van der Waals surface area contributed by atoms with Crippen LogP contribution in [-0.4, -0.2) is 47.1 Å². The van der Waals surface area contributed by atoms with Crippen LogP contribution in [0.5, 0.6) is 0 Å². The van der Waals surface area contributed by atoms with Gasteiger partial charge in [0.1, 0.15) is 0 Å². The number of piperidine rings is 1. The third kappa shape index (κ3) is 5.33. The number of ether oxygens (including phenoxy) is 1. The van der Waals surface area contributed by atoms with Crippen molar-refractivity contribution in [2.45, 2.75) is 19.4 Å². The highest BCUT2D eigenvalue weighted by atomic mass is 35.5. The molecule has 8 nitrogen and oxygen atoms in total. The first-order valence-corrected chi connectivity index (χ1v) is 10.7. The van der Waals surface area contributed by atoms with E-state index in [1.54, 1.807) is 36.4 Å². The lowest BCUT2D eigenvalue weighted by Gasteiger charge is -2.30. The summed E-state index contributed by atoms with van der Waals surface area (Å²) in [6, 6.07) is 13.9. The first-order valence-electron chi connectivity index (χ1n) is 10.3. The Kier molecular flexibility index (Phi) is 6.82. The van der Waals surface area contributed by atoms with Gasteiger partial charge in [-0.05, 0) is 67.9 Å². The van der Waals surface area contributed by atoms with Gasteiger partial charge in [0, 0.05) is 22.8 Å². The molecule has 3 aromatic rings. The summed E-state index contributed by atoms with van der Waals surface area (Å²) in [5.74, 6) is 0.411. The first kappa shape index (κ1) is 22.0. The zero-order valence-electron chi connectivity index (χ0n) is 17.6. The summed E-state index contributed by atoms with van der Waals surface area (Å²) in [6.45, 7) is 1.94. The van der Waals surface area contributed by atoms with Gasteiger partial charge in [-0.1, -0.05) is 16.8 Å². The molecule has 0 saturated carbocycles. The Morgan fingerprint density at radius 1 is 1.19 bits per heavy atom. The molecule has 1 unspecified atom stereocenters. The Balaban J connectivity index is 1.33. The maximum Gasteiger partial charge on any atom is 0.337 e. The molecule has 166 valence electrons. The second-order valence-electron chi connectivity index (χ2n) is 7.65. The summed E-state index contributed by atoms with van der Waals surface area (Å²) in [6.07, 6.45) is 1.71. The van der Waals surface area contributed by atoms with Crippen LogP contribution < -0.4 is 5.32 Å². The summed E-state index contributed by atoms with van der Waals surface area (Å²) >= 11 is 5.93. The molecular weight excluding hydrogens is 432 g/mol. The third-order valence-electron chi connectivity index (χ3n) is 5.38. The Morgan fingerprint density at radius 2 is 1.94 bits per heavy atom. The number of carbonyl (C=O) groups is 2. The Bertz CT molecular complexity index is 1080. The van der Waals surface area contributed by atoms with Gasteiger partial charge in [0.05, 0.1) is 25.1 Å². The monoisotopic (exact) mass is 454 g/mol. The van der Waals surface area contributed by atoms with E-state index in [1.807, 2.05) is 12.1 Å². The fraction of sp³-hybridized carbons (Fsp3) is 0.304. The van der Waals surface area contributed by atoms with E-state index in [2.05, 4.69) is 25.1 Å². The molecule has 1 N–H and O–H groups in total. The van der Waals surface area contributed by atoms with Crippen molar-refractivity contribution in [1.82, 2.24) is 15.0 Å². The van der Waals surface area contributed by atoms with Crippen molar-refractivity contribution < 1.29 is 18.8 Å². The van der Waals surface area contributed by atoms with Crippen LogP contribution in [0.1, 0.15) is 29.1 Å². The number of hydrogen-bond acceptors (Lipinski definition) is 7. The van der Waals surface area contributed by atoms with Crippen molar-refractivity contribution in [3.63, 3.8) is 0 Å². The lowest BCUT2D eigenvalue weighted by molar-refractivity contribution is -0.121. The summed E-state index contributed by atoms with van der Waals surface area (Å²) < 4.78 is 10.1. The molecule has 0 radical (unpaired) electrons. The molecule has 2 aromatic carbocycles. The number of aromatic nitrogens is 2. The van der Waals surface area contributed by atoms with Crippen molar-refractivity contribution in [3.8, 4) is 11.4 Å². The predicted octanol–water partition coefficient (Wildman–Crippen LogP) is 4.03. The van der Waals surface area contributed by atoms with Gasteiger partial charge in [0.15, 0.2) is 0 Å². The van der Waals surface area contributed by atoms with E-state index >= 15 is 0 Å². The lowest BCUT2D eigenvalue weighted by atomic mass is 9.97. The Labute approximate surface area is 190 Å². The van der Waals surface area contributed by atoms with Crippen LogP contribution in [0.2, 0.25) is 5.02 Å². The molecule has 1 aromatic heterocycles. The number of nitrogens with one attached hydrogen (secondary N) is 1. The fourth-order valence-electron chi connectivity index (χ4n) is 3.69. The second kappa shape index (κ2) is 9.93. The zero-order valence-corrected chi connectivity index (χ0v) is 18.3. The van der Waals surface area contributed by atoms with E-state index in [-0.39, 0.29) is 11.8 Å². The number of halogens is 1. The zero-order chi connectivity index (χ0) is 22.5. The van der Waals surface area contributed by atoms with Crippen LogP contribution >= 0.6 is 11.6 Å². The van der Waals surface area contributed by atoms with E-state index in [4.69, 9.17) is 16.1 Å². The first-order chi connectivity index (χ1) is 15.5. The van der Waals surface area contributed by atoms with Crippen LogP contribution in [0.25, 0.3) is 11.4 Å². The van der Waals surface area contributed by atoms with Gasteiger partial charge < -0.3 is 14.6 Å². The van der Waals surface area contributed by atoms with Gasteiger partial charge in [0.25, 0.3) is 0 Å². The van der Waals surface area contributed by atoms with Crippen molar-refractivity contribution in [2.75, 3.05) is 25.5 Å². The molecular formula is C23H23ClN4O4. The van der Waals surface area contributed by atoms with Gasteiger partial charge in [-0.15, -0.1) is 0 Å². The number of hydrogen-bond donors (Lipinski definition) is 1. The van der Waals surface area contributed by atoms with Crippen LogP contribution in [0.15, 0.2) is 53.1 Å². The molecule has 0 bridgehead atoms. The van der Waals surface area contributed by atoms with Crippen LogP contribution in [0.4, 0.5) is 5.69 Å². The topological polar surface area (TPSA) is 97.6 Å². The van der Waals surface area contributed by atoms with E-state index in [1.165, 1.54) is 7.11 Å². The number of amides is 1. The number of benzene rings is 2. The van der Waals surface area contributed by atoms with Crippen LogP contribution in [0, 0.1) is 5.92 Å². The van der Waals surface area contributed by atoms with Crippen molar-refractivity contribution >= 4 is 29.2 Å². The fourth-order valence-corrected chi connectivity index (χ4v) is 3.82. The van der Waals surface area contributed by atoms with E-state index in [0.717, 1.165) is 24.9 Å². The Hall–Kier alpha value is -3.23. The molecule has 1 aliphatic rings. The average Bonchev–Trinajstić information content (AvgIpc) is 3.28. The normalized spacial score (nSPS) is 16.5. The molecule has 0 spiro atoms. The smallest absolute Gasteiger partial charge is 0.337 e. The van der Waals surface area contributed by atoms with Crippen molar-refractivity contribution in [2.24, 2.45) is 5.92 Å². The van der Waals surface area contributed by atoms with Gasteiger partial charge in [-0.3, -0.25) is 9.69 Å². The number of esters is 1. The number of anilines is 1. The number of likely N-dealkylation sites (tertiary alicyclic amines) is 1. The summed E-state index contributed by atoms with van der Waals surface area (Å²) in [4.78, 5) is 30.9. The van der Waals surface area contributed by atoms with Crippen LogP contribution in [-0.2, 0) is 16.1 Å². The van der Waals surface area contributed by atoms with E-state index < -0.39 is 5.97 Å². The van der Waals surface area contributed by atoms with Gasteiger partial charge in [-0.25, -0.2) is 4.79 Å². The summed E-state index contributed by atoms with van der Waals surface area (Å²) in [7, 11) is 1.33. The molecule has 1 saturated heterocycles. The predicted molar refractivity (Wildman–Crippen MR) is 119 cm³/mol. The standard InChI is InChI=1S/C23H23ClN4O4/c1-31-23(30)16-6-10-19(11-7-16)25-22(29)17-3-2-12-28(13-17)14-20-26-21(27-32-20)15-4-8-18(24)9-5-15/h4-11,17H,2-3,12-14H2,1H3,(H,25,29). The number of rotatable bonds is 6. The molecule has 1 fully saturated rings. The molecule has 1 amide bonds. The molecule has 1 atom stereocenters. The maximum atomic E-state index is 12.8. The second-order valence-corrected chi connectivity index (χ2v) is 8.09. The molecule has 1 aliphatic heterocycles. The molecule has 32 heavy (non-hydrogen) atoms. The molecule has 9 heteroatoms. The highest BCUT2D eigenvalue weighted by Gasteiger charge is 2.27. The van der Waals surface area contributed by atoms with Crippen LogP contribution in [0.3, 0.4) is 0 Å². The Morgan fingerprint density at radius 3 is 2.66 bits per heavy atom. The minimum Gasteiger partial charge on any atom is -0.465 e. The SMILES string of the molecule is COC(=O)c1ccc(NC(=O)C2CCCN(Cc3nc(-c4ccc(Cl)cc4)no3)C2)cc1. The number of nitrogens with zero attached hydrogens (tertiary/aromatic N) is 3. The van der Waals surface area contributed by atoms with E-state index in [9.17, 15) is 9.59 Å². The lowest BCUT2D eigenvalue weighted by Crippen LogP contribution is -2.40. The molecule has 0 aliphatic carbocycles. The van der Waals surface area contributed by atoms with Crippen molar-refractivity contribution in [3.05, 3.63) is 65.0 Å². The third-order valence-corrected chi connectivity index (χ3v) is 5.63. The highest BCUT2D eigenvalue weighted by molar-refractivity contribution is 6.30. The summed E-state index contributed by atoms with van der Waals surface area (Å²) in [5.41, 5.74) is 1.91. The maximum absolute atomic E-state index is 12.8. The van der Waals surface area contributed by atoms with Gasteiger partial charge in [0.2, 0.25) is 17.6 Å². The molecule has 2 heterocycles. The van der Waals surface area contributed by atoms with Gasteiger partial charge in [-0.2, -0.15) is 4.98 Å². The van der Waals surface area contributed by atoms with Gasteiger partial charge >= 0.3 is 5.97 Å². The van der Waals surface area contributed by atoms with Crippen molar-refractivity contribution in [1.29, 1.82) is 0 Å². The average molecular weight is 455 g/mol. The number of methoxy groups -OCH3 is 1. The summed E-state index contributed by atoms with van der Waals surface area (Å²) in [5, 5.41) is 7.63.